The molecule has 0 fully saturated rings. The highest BCUT2D eigenvalue weighted by Gasteiger charge is 2.27. The standard InChI is InChI=1S/C15H15BrN2OS/c1-9-7-14(17-8-12(9)16)18-15(19)11-3-2-4-13-10(11)5-6-20-13/h5-8,11H,2-4H2,1H3,(H,17,18,19). The zero-order valence-electron chi connectivity index (χ0n) is 11.1. The summed E-state index contributed by atoms with van der Waals surface area (Å²) < 4.78 is 0.952. The average molecular weight is 351 g/mol. The molecule has 104 valence electrons. The quantitative estimate of drug-likeness (QED) is 0.878. The van der Waals surface area contributed by atoms with E-state index in [1.807, 2.05) is 13.0 Å². The Bertz CT molecular complexity index is 653. The minimum Gasteiger partial charge on any atom is -0.310 e. The van der Waals surface area contributed by atoms with Crippen molar-refractivity contribution in [3.8, 4) is 0 Å². The summed E-state index contributed by atoms with van der Waals surface area (Å²) >= 11 is 5.17. The van der Waals surface area contributed by atoms with Gasteiger partial charge in [-0.05, 0) is 70.8 Å². The first-order valence-corrected chi connectivity index (χ1v) is 8.31. The molecule has 2 aromatic heterocycles. The van der Waals surface area contributed by atoms with Crippen molar-refractivity contribution in [2.75, 3.05) is 5.32 Å². The molecule has 1 amide bonds. The number of carbonyl (C=O) groups is 1. The van der Waals surface area contributed by atoms with Crippen LogP contribution in [0.1, 0.15) is 34.8 Å². The summed E-state index contributed by atoms with van der Waals surface area (Å²) in [7, 11) is 0. The Balaban J connectivity index is 1.79. The predicted molar refractivity (Wildman–Crippen MR) is 85.3 cm³/mol. The van der Waals surface area contributed by atoms with Crippen LogP contribution in [0.15, 0.2) is 28.2 Å². The molecule has 1 atom stereocenters. The van der Waals surface area contributed by atoms with Crippen molar-refractivity contribution in [3.05, 3.63) is 44.2 Å². The molecule has 2 aromatic rings. The van der Waals surface area contributed by atoms with Gasteiger partial charge in [-0.1, -0.05) is 0 Å². The number of carbonyl (C=O) groups excluding carboxylic acids is 1. The molecule has 3 rings (SSSR count). The van der Waals surface area contributed by atoms with Crippen molar-refractivity contribution in [2.24, 2.45) is 0 Å². The minimum atomic E-state index is -0.0317. The van der Waals surface area contributed by atoms with Gasteiger partial charge in [-0.15, -0.1) is 11.3 Å². The fraction of sp³-hybridized carbons (Fsp3) is 0.333. The molecule has 0 spiro atoms. The van der Waals surface area contributed by atoms with Gasteiger partial charge < -0.3 is 5.32 Å². The summed E-state index contributed by atoms with van der Waals surface area (Å²) in [5.74, 6) is 0.646. The van der Waals surface area contributed by atoms with Crippen molar-refractivity contribution >= 4 is 39.0 Å². The van der Waals surface area contributed by atoms with Crippen LogP contribution in [0, 0.1) is 6.92 Å². The minimum absolute atomic E-state index is 0.0317. The van der Waals surface area contributed by atoms with E-state index >= 15 is 0 Å². The van der Waals surface area contributed by atoms with Gasteiger partial charge >= 0.3 is 0 Å². The van der Waals surface area contributed by atoms with Gasteiger partial charge in [0.1, 0.15) is 5.82 Å². The zero-order chi connectivity index (χ0) is 14.1. The van der Waals surface area contributed by atoms with Gasteiger partial charge in [0.2, 0.25) is 5.91 Å². The fourth-order valence-electron chi connectivity index (χ4n) is 2.58. The molecule has 0 bridgehead atoms. The fourth-order valence-corrected chi connectivity index (χ4v) is 3.78. The summed E-state index contributed by atoms with van der Waals surface area (Å²) in [6, 6.07) is 3.98. The molecule has 5 heteroatoms. The molecule has 2 heterocycles. The van der Waals surface area contributed by atoms with E-state index in [0.29, 0.717) is 5.82 Å². The van der Waals surface area contributed by atoms with Crippen LogP contribution in [0.3, 0.4) is 0 Å². The molecule has 3 nitrogen and oxygen atoms in total. The number of aromatic nitrogens is 1. The Morgan fingerprint density at radius 2 is 2.40 bits per heavy atom. The molecule has 0 aliphatic heterocycles. The number of aryl methyl sites for hydroxylation is 2. The average Bonchev–Trinajstić information content (AvgIpc) is 2.91. The first kappa shape index (κ1) is 13.8. The van der Waals surface area contributed by atoms with Crippen LogP contribution in [0.25, 0.3) is 0 Å². The van der Waals surface area contributed by atoms with Gasteiger partial charge in [0, 0.05) is 15.5 Å². The van der Waals surface area contributed by atoms with Gasteiger partial charge in [0.05, 0.1) is 5.92 Å². The number of hydrogen-bond donors (Lipinski definition) is 1. The van der Waals surface area contributed by atoms with Crippen molar-refractivity contribution in [3.63, 3.8) is 0 Å². The number of amides is 1. The number of nitrogens with one attached hydrogen (secondary N) is 1. The van der Waals surface area contributed by atoms with E-state index < -0.39 is 0 Å². The van der Waals surface area contributed by atoms with E-state index in [1.165, 1.54) is 10.4 Å². The largest absolute Gasteiger partial charge is 0.310 e. The van der Waals surface area contributed by atoms with Crippen molar-refractivity contribution in [1.82, 2.24) is 4.98 Å². The van der Waals surface area contributed by atoms with Gasteiger partial charge in [-0.25, -0.2) is 4.98 Å². The highest BCUT2D eigenvalue weighted by molar-refractivity contribution is 9.10. The van der Waals surface area contributed by atoms with Gasteiger partial charge in [-0.3, -0.25) is 4.79 Å². The summed E-state index contributed by atoms with van der Waals surface area (Å²) in [4.78, 5) is 18.1. The van der Waals surface area contributed by atoms with Crippen LogP contribution in [0.4, 0.5) is 5.82 Å². The van der Waals surface area contributed by atoms with Crippen LogP contribution in [0.2, 0.25) is 0 Å². The number of thiophene rings is 1. The lowest BCUT2D eigenvalue weighted by molar-refractivity contribution is -0.117. The normalized spacial score (nSPS) is 17.6. The predicted octanol–water partition coefficient (Wildman–Crippen LogP) is 4.27. The molecule has 0 aromatic carbocycles. The maximum atomic E-state index is 12.5. The van der Waals surface area contributed by atoms with E-state index in [9.17, 15) is 4.79 Å². The van der Waals surface area contributed by atoms with Gasteiger partial charge in [-0.2, -0.15) is 0 Å². The van der Waals surface area contributed by atoms with Crippen LogP contribution in [0.5, 0.6) is 0 Å². The maximum Gasteiger partial charge on any atom is 0.233 e. The Morgan fingerprint density at radius 3 is 3.20 bits per heavy atom. The molecule has 0 saturated carbocycles. The molecule has 1 unspecified atom stereocenters. The van der Waals surface area contributed by atoms with E-state index in [2.05, 4.69) is 37.7 Å². The lowest BCUT2D eigenvalue weighted by atomic mass is 9.87. The topological polar surface area (TPSA) is 42.0 Å². The second-order valence-electron chi connectivity index (χ2n) is 5.05. The molecule has 1 aliphatic rings. The number of anilines is 1. The Labute approximate surface area is 130 Å². The molecule has 0 radical (unpaired) electrons. The van der Waals surface area contributed by atoms with Crippen molar-refractivity contribution in [2.45, 2.75) is 32.1 Å². The molecule has 1 aliphatic carbocycles. The Hall–Kier alpha value is -1.20. The maximum absolute atomic E-state index is 12.5. The zero-order valence-corrected chi connectivity index (χ0v) is 13.6. The second-order valence-corrected chi connectivity index (χ2v) is 6.91. The van der Waals surface area contributed by atoms with E-state index in [4.69, 9.17) is 0 Å². The summed E-state index contributed by atoms with van der Waals surface area (Å²) in [6.45, 7) is 1.99. The smallest absolute Gasteiger partial charge is 0.233 e. The molecule has 1 N–H and O–H groups in total. The van der Waals surface area contributed by atoms with Crippen LogP contribution in [-0.2, 0) is 11.2 Å². The Morgan fingerprint density at radius 1 is 1.55 bits per heavy atom. The second kappa shape index (κ2) is 5.66. The first-order chi connectivity index (χ1) is 9.65. The SMILES string of the molecule is Cc1cc(NC(=O)C2CCCc3sccc32)ncc1Br. The third-order valence-electron chi connectivity index (χ3n) is 3.67. The molecular weight excluding hydrogens is 336 g/mol. The van der Waals surface area contributed by atoms with E-state index in [0.717, 1.165) is 29.3 Å². The first-order valence-electron chi connectivity index (χ1n) is 6.64. The third kappa shape index (κ3) is 2.65. The lowest BCUT2D eigenvalue weighted by Gasteiger charge is -2.21. The van der Waals surface area contributed by atoms with Gasteiger partial charge in [0.25, 0.3) is 0 Å². The van der Waals surface area contributed by atoms with Crippen molar-refractivity contribution < 1.29 is 4.79 Å². The number of nitrogens with zero attached hydrogens (tertiary/aromatic N) is 1. The molecular formula is C15H15BrN2OS. The highest BCUT2D eigenvalue weighted by atomic mass is 79.9. The van der Waals surface area contributed by atoms with Gasteiger partial charge in [0.15, 0.2) is 0 Å². The monoisotopic (exact) mass is 350 g/mol. The number of hydrogen-bond acceptors (Lipinski definition) is 3. The Kier molecular flexibility index (Phi) is 3.89. The van der Waals surface area contributed by atoms with Crippen LogP contribution in [-0.4, -0.2) is 10.9 Å². The summed E-state index contributed by atoms with van der Waals surface area (Å²) in [6.07, 6.45) is 4.83. The molecule has 20 heavy (non-hydrogen) atoms. The molecule has 0 saturated heterocycles. The number of halogens is 1. The highest BCUT2D eigenvalue weighted by Crippen LogP contribution is 2.35. The number of pyridine rings is 1. The van der Waals surface area contributed by atoms with Crippen molar-refractivity contribution in [1.29, 1.82) is 0 Å². The summed E-state index contributed by atoms with van der Waals surface area (Å²) in [5, 5.41) is 5.03. The van der Waals surface area contributed by atoms with E-state index in [1.54, 1.807) is 17.5 Å². The lowest BCUT2D eigenvalue weighted by Crippen LogP contribution is -2.24. The summed E-state index contributed by atoms with van der Waals surface area (Å²) in [5.41, 5.74) is 2.27. The van der Waals surface area contributed by atoms with E-state index in [-0.39, 0.29) is 11.8 Å². The number of fused-ring (bicyclic) bond motifs is 1. The van der Waals surface area contributed by atoms with Crippen LogP contribution >= 0.6 is 27.3 Å². The third-order valence-corrected chi connectivity index (χ3v) is 5.49. The van der Waals surface area contributed by atoms with Crippen LogP contribution < -0.4 is 5.32 Å². The number of rotatable bonds is 2.